The van der Waals surface area contributed by atoms with E-state index < -0.39 is 6.10 Å². The first-order valence-electron chi connectivity index (χ1n) is 7.48. The van der Waals surface area contributed by atoms with Crippen LogP contribution in [0.3, 0.4) is 0 Å². The fourth-order valence-electron chi connectivity index (χ4n) is 2.82. The number of rotatable bonds is 4. The van der Waals surface area contributed by atoms with Crippen molar-refractivity contribution in [2.75, 3.05) is 6.54 Å². The van der Waals surface area contributed by atoms with Crippen molar-refractivity contribution in [3.63, 3.8) is 0 Å². The first-order chi connectivity index (χ1) is 9.40. The minimum Gasteiger partial charge on any atom is -0.392 e. The molecule has 0 fully saturated rings. The molecule has 3 nitrogen and oxygen atoms in total. The predicted molar refractivity (Wildman–Crippen MR) is 83.4 cm³/mol. The van der Waals surface area contributed by atoms with Crippen molar-refractivity contribution in [1.82, 2.24) is 4.90 Å². The van der Waals surface area contributed by atoms with Crippen LogP contribution in [-0.2, 0) is 12.8 Å². The number of hydrogen-bond donors (Lipinski definition) is 1. The highest BCUT2D eigenvalue weighted by Gasteiger charge is 2.27. The van der Waals surface area contributed by atoms with Gasteiger partial charge in [0.1, 0.15) is 0 Å². The quantitative estimate of drug-likeness (QED) is 0.927. The van der Waals surface area contributed by atoms with Gasteiger partial charge in [0.05, 0.1) is 11.7 Å². The fourth-order valence-corrected chi connectivity index (χ4v) is 4.06. The van der Waals surface area contributed by atoms with Crippen LogP contribution in [0, 0.1) is 5.92 Å². The smallest absolute Gasteiger partial charge is 0.255 e. The maximum absolute atomic E-state index is 12.8. The molecule has 2 atom stereocenters. The number of fused-ring (bicyclic) bond motifs is 1. The Kier molecular flexibility index (Phi) is 4.86. The van der Waals surface area contributed by atoms with Gasteiger partial charge in [0.15, 0.2) is 0 Å². The van der Waals surface area contributed by atoms with Crippen LogP contribution in [0.2, 0.25) is 0 Å². The first kappa shape index (κ1) is 15.5. The molecule has 2 unspecified atom stereocenters. The van der Waals surface area contributed by atoms with E-state index in [-0.39, 0.29) is 11.9 Å². The van der Waals surface area contributed by atoms with Crippen molar-refractivity contribution >= 4 is 17.2 Å². The molecule has 4 heteroatoms. The van der Waals surface area contributed by atoms with Gasteiger partial charge in [-0.25, -0.2) is 0 Å². The molecule has 0 aromatic carbocycles. The van der Waals surface area contributed by atoms with Crippen molar-refractivity contribution in [1.29, 1.82) is 0 Å². The summed E-state index contributed by atoms with van der Waals surface area (Å²) in [5.41, 5.74) is 2.13. The number of thiophene rings is 1. The highest BCUT2D eigenvalue weighted by molar-refractivity contribution is 7.10. The Morgan fingerprint density at radius 2 is 2.20 bits per heavy atom. The first-order valence-corrected chi connectivity index (χ1v) is 8.36. The molecule has 112 valence electrons. The van der Waals surface area contributed by atoms with Crippen LogP contribution < -0.4 is 0 Å². The summed E-state index contributed by atoms with van der Waals surface area (Å²) in [6.45, 7) is 8.41. The molecule has 0 spiro atoms. The lowest BCUT2D eigenvalue weighted by Gasteiger charge is -2.29. The zero-order valence-electron chi connectivity index (χ0n) is 12.8. The van der Waals surface area contributed by atoms with Gasteiger partial charge in [-0.3, -0.25) is 4.79 Å². The van der Waals surface area contributed by atoms with Crippen molar-refractivity contribution in [2.24, 2.45) is 5.92 Å². The third-order valence-electron chi connectivity index (χ3n) is 3.98. The van der Waals surface area contributed by atoms with Gasteiger partial charge < -0.3 is 10.0 Å². The van der Waals surface area contributed by atoms with Crippen LogP contribution in [-0.4, -0.2) is 34.6 Å². The molecule has 0 saturated heterocycles. The second-order valence-corrected chi connectivity index (χ2v) is 7.26. The minimum absolute atomic E-state index is 0.0768. The lowest BCUT2D eigenvalue weighted by molar-refractivity contribution is 0.0578. The van der Waals surface area contributed by atoms with Crippen molar-refractivity contribution in [3.8, 4) is 0 Å². The summed E-state index contributed by atoms with van der Waals surface area (Å²) < 4.78 is 0. The van der Waals surface area contributed by atoms with Crippen LogP contribution in [0.15, 0.2) is 5.38 Å². The van der Waals surface area contributed by atoms with Crippen LogP contribution in [0.25, 0.3) is 0 Å². The van der Waals surface area contributed by atoms with Gasteiger partial charge in [-0.05, 0) is 51.5 Å². The molecule has 1 N–H and O–H groups in total. The van der Waals surface area contributed by atoms with E-state index in [2.05, 4.69) is 6.92 Å². The average Bonchev–Trinajstić information content (AvgIpc) is 2.77. The molecule has 1 amide bonds. The SMILES string of the molecule is CC(O)CN(C(=O)c1csc2c1CCC(C)C2)C(C)C. The maximum Gasteiger partial charge on any atom is 0.255 e. The molecule has 0 saturated carbocycles. The molecule has 2 rings (SSSR count). The Hall–Kier alpha value is -0.870. The van der Waals surface area contributed by atoms with E-state index in [1.807, 2.05) is 19.2 Å². The molecule has 0 aliphatic heterocycles. The van der Waals surface area contributed by atoms with Gasteiger partial charge >= 0.3 is 0 Å². The Bertz CT molecular complexity index is 479. The van der Waals surface area contributed by atoms with Crippen LogP contribution in [0.5, 0.6) is 0 Å². The predicted octanol–water partition coefficient (Wildman–Crippen LogP) is 3.10. The van der Waals surface area contributed by atoms with Gasteiger partial charge in [0.25, 0.3) is 5.91 Å². The lowest BCUT2D eigenvalue weighted by atomic mass is 9.88. The van der Waals surface area contributed by atoms with Crippen LogP contribution in [0.1, 0.15) is 54.9 Å². The summed E-state index contributed by atoms with van der Waals surface area (Å²) in [5, 5.41) is 11.6. The standard InChI is InChI=1S/C16H25NO2S/c1-10(2)17(8-12(4)18)16(19)14-9-20-15-7-11(3)5-6-13(14)15/h9-12,18H,5-8H2,1-4H3. The summed E-state index contributed by atoms with van der Waals surface area (Å²) in [6.07, 6.45) is 2.80. The topological polar surface area (TPSA) is 40.5 Å². The second kappa shape index (κ2) is 6.27. The Morgan fingerprint density at radius 3 is 2.80 bits per heavy atom. The molecule has 20 heavy (non-hydrogen) atoms. The zero-order valence-corrected chi connectivity index (χ0v) is 13.7. The normalized spacial score (nSPS) is 19.8. The van der Waals surface area contributed by atoms with Gasteiger partial charge in [-0.2, -0.15) is 0 Å². The summed E-state index contributed by atoms with van der Waals surface area (Å²) >= 11 is 1.72. The molecule has 1 aliphatic rings. The molecule has 1 heterocycles. The Morgan fingerprint density at radius 1 is 1.50 bits per heavy atom. The molecule has 0 bridgehead atoms. The molecular formula is C16H25NO2S. The number of nitrogens with zero attached hydrogens (tertiary/aromatic N) is 1. The van der Waals surface area contributed by atoms with E-state index >= 15 is 0 Å². The summed E-state index contributed by atoms with van der Waals surface area (Å²) in [5.74, 6) is 0.802. The molecule has 1 aromatic heterocycles. The maximum atomic E-state index is 12.8. The summed E-state index contributed by atoms with van der Waals surface area (Å²) in [6, 6.07) is 0.107. The largest absolute Gasteiger partial charge is 0.392 e. The van der Waals surface area contributed by atoms with Gasteiger partial charge in [0, 0.05) is 22.8 Å². The van der Waals surface area contributed by atoms with Crippen molar-refractivity contribution in [3.05, 3.63) is 21.4 Å². The molecule has 0 radical (unpaired) electrons. The van der Waals surface area contributed by atoms with Gasteiger partial charge in [-0.1, -0.05) is 6.92 Å². The lowest BCUT2D eigenvalue weighted by Crippen LogP contribution is -2.41. The Balaban J connectivity index is 2.24. The number of carbonyl (C=O) groups excluding carboxylic acids is 1. The average molecular weight is 295 g/mol. The van der Waals surface area contributed by atoms with E-state index in [0.29, 0.717) is 6.54 Å². The highest BCUT2D eigenvalue weighted by Crippen LogP contribution is 2.33. The number of amides is 1. The van der Waals surface area contributed by atoms with Crippen molar-refractivity contribution in [2.45, 2.75) is 59.1 Å². The van der Waals surface area contributed by atoms with E-state index in [1.165, 1.54) is 16.9 Å². The van der Waals surface area contributed by atoms with Crippen molar-refractivity contribution < 1.29 is 9.90 Å². The van der Waals surface area contributed by atoms with Crippen LogP contribution in [0.4, 0.5) is 0 Å². The van der Waals surface area contributed by atoms with Crippen LogP contribution >= 0.6 is 11.3 Å². The summed E-state index contributed by atoms with van der Waals surface area (Å²) in [4.78, 5) is 15.9. The number of aliphatic hydroxyl groups is 1. The minimum atomic E-state index is -0.490. The molecular weight excluding hydrogens is 270 g/mol. The van der Waals surface area contributed by atoms with E-state index in [1.54, 1.807) is 23.2 Å². The van der Waals surface area contributed by atoms with Gasteiger partial charge in [0.2, 0.25) is 0 Å². The third-order valence-corrected chi connectivity index (χ3v) is 5.03. The third kappa shape index (κ3) is 3.23. The monoisotopic (exact) mass is 295 g/mol. The fraction of sp³-hybridized carbons (Fsp3) is 0.688. The van der Waals surface area contributed by atoms with E-state index in [0.717, 1.165) is 24.3 Å². The summed E-state index contributed by atoms with van der Waals surface area (Å²) in [7, 11) is 0. The van der Waals surface area contributed by atoms with E-state index in [4.69, 9.17) is 0 Å². The number of carbonyl (C=O) groups is 1. The Labute approximate surface area is 125 Å². The number of aliphatic hydroxyl groups excluding tert-OH is 1. The highest BCUT2D eigenvalue weighted by atomic mass is 32.1. The molecule has 1 aliphatic carbocycles. The zero-order chi connectivity index (χ0) is 14.9. The second-order valence-electron chi connectivity index (χ2n) is 6.30. The van der Waals surface area contributed by atoms with Gasteiger partial charge in [-0.15, -0.1) is 11.3 Å². The van der Waals surface area contributed by atoms with E-state index in [9.17, 15) is 9.90 Å². The number of hydrogen-bond acceptors (Lipinski definition) is 3. The molecule has 1 aromatic rings.